The van der Waals surface area contributed by atoms with E-state index in [-0.39, 0.29) is 36.1 Å². The molecule has 0 radical (unpaired) electrons. The number of guanidine groups is 1. The Balaban J connectivity index is 1.57. The summed E-state index contributed by atoms with van der Waals surface area (Å²) in [5, 5.41) is 23.2. The van der Waals surface area contributed by atoms with Gasteiger partial charge in [0, 0.05) is 17.7 Å². The van der Waals surface area contributed by atoms with Crippen LogP contribution in [0.4, 0.5) is 11.5 Å². The van der Waals surface area contributed by atoms with Crippen molar-refractivity contribution >= 4 is 35.3 Å². The van der Waals surface area contributed by atoms with Gasteiger partial charge in [0.25, 0.3) is 11.8 Å². The fraction of sp³-hybridized carbons (Fsp3) is 0.222. The van der Waals surface area contributed by atoms with E-state index in [1.807, 2.05) is 0 Å². The lowest BCUT2D eigenvalue weighted by Crippen LogP contribution is -2.41. The summed E-state index contributed by atoms with van der Waals surface area (Å²) in [6, 6.07) is 5.00. The molecule has 2 aromatic rings. The van der Waals surface area contributed by atoms with Crippen LogP contribution >= 0.6 is 0 Å². The maximum Gasteiger partial charge on any atom is 0.326 e. The van der Waals surface area contributed by atoms with Crippen LogP contribution in [-0.4, -0.2) is 50.0 Å². The number of aliphatic carboxylic acids is 2. The minimum absolute atomic E-state index is 0.0772. The lowest BCUT2D eigenvalue weighted by atomic mass is 10.1. The van der Waals surface area contributed by atoms with Gasteiger partial charge in [0.15, 0.2) is 0 Å². The summed E-state index contributed by atoms with van der Waals surface area (Å²) in [5.74, 6) is -2.52. The van der Waals surface area contributed by atoms with Gasteiger partial charge < -0.3 is 31.4 Å². The predicted molar refractivity (Wildman–Crippen MR) is 107 cm³/mol. The molecule has 0 fully saturated rings. The molecular formula is C18H19N7O6. The smallest absolute Gasteiger partial charge is 0.326 e. The number of aromatic nitrogens is 2. The van der Waals surface area contributed by atoms with E-state index in [9.17, 15) is 14.4 Å². The van der Waals surface area contributed by atoms with Gasteiger partial charge in [-0.05, 0) is 30.7 Å². The van der Waals surface area contributed by atoms with Gasteiger partial charge in [-0.25, -0.2) is 14.8 Å². The zero-order chi connectivity index (χ0) is 22.4. The summed E-state index contributed by atoms with van der Waals surface area (Å²) in [6.45, 7) is 0.310. The van der Waals surface area contributed by atoms with E-state index >= 15 is 0 Å². The average molecular weight is 429 g/mol. The van der Waals surface area contributed by atoms with Crippen LogP contribution in [0.15, 0.2) is 35.5 Å². The zero-order valence-corrected chi connectivity index (χ0v) is 16.0. The number of fused-ring (bicyclic) bond motifs is 1. The van der Waals surface area contributed by atoms with E-state index in [1.54, 1.807) is 12.1 Å². The molecule has 1 amide bonds. The molecule has 13 heteroatoms. The number of hydroxylamine groups is 1. The Morgan fingerprint density at radius 3 is 2.61 bits per heavy atom. The van der Waals surface area contributed by atoms with Gasteiger partial charge in [-0.1, -0.05) is 0 Å². The molecule has 0 bridgehead atoms. The molecule has 1 aromatic heterocycles. The van der Waals surface area contributed by atoms with Gasteiger partial charge in [-0.2, -0.15) is 10.5 Å². The summed E-state index contributed by atoms with van der Waals surface area (Å²) in [7, 11) is 0. The van der Waals surface area contributed by atoms with Gasteiger partial charge in [-0.3, -0.25) is 9.59 Å². The largest absolute Gasteiger partial charge is 0.481 e. The lowest BCUT2D eigenvalue weighted by Gasteiger charge is -2.14. The number of benzene rings is 1. The van der Waals surface area contributed by atoms with Crippen LogP contribution in [0.2, 0.25) is 0 Å². The van der Waals surface area contributed by atoms with Gasteiger partial charge in [0.2, 0.25) is 11.8 Å². The number of anilines is 1. The number of amides is 1. The Hall–Kier alpha value is -4.42. The first-order valence-electron chi connectivity index (χ1n) is 9.04. The molecule has 0 saturated heterocycles. The number of carboxylic acid groups (broad SMARTS) is 2. The molecule has 31 heavy (non-hydrogen) atoms. The monoisotopic (exact) mass is 429 g/mol. The van der Waals surface area contributed by atoms with Crippen molar-refractivity contribution in [3.05, 3.63) is 41.7 Å². The lowest BCUT2D eigenvalue weighted by molar-refractivity contribution is -0.140. The van der Waals surface area contributed by atoms with E-state index in [0.717, 1.165) is 0 Å². The molecule has 0 unspecified atom stereocenters. The third-order valence-electron chi connectivity index (χ3n) is 4.12. The Bertz CT molecular complexity index is 1020. The van der Waals surface area contributed by atoms with Crippen LogP contribution in [0.5, 0.6) is 5.88 Å². The summed E-state index contributed by atoms with van der Waals surface area (Å²) < 4.78 is 0. The van der Waals surface area contributed by atoms with Crippen LogP contribution in [0, 0.1) is 0 Å². The molecule has 1 aliphatic heterocycles. The normalized spacial score (nSPS) is 13.0. The number of carbonyl (C=O) groups excluding carboxylic acids is 1. The third-order valence-corrected chi connectivity index (χ3v) is 4.12. The first kappa shape index (κ1) is 21.3. The molecule has 1 aromatic carbocycles. The fourth-order valence-corrected chi connectivity index (χ4v) is 2.57. The quantitative estimate of drug-likeness (QED) is 0.313. The summed E-state index contributed by atoms with van der Waals surface area (Å²) in [5.41, 5.74) is 9.35. The highest BCUT2D eigenvalue weighted by molar-refractivity contribution is 5.96. The standard InChI is InChI=1S/C18H19N7O6/c19-18-24-14-16(31-25-18)22-11(8-21-14)7-20-10-3-1-9(2-4-10)15(28)23-12(17(29)30)5-6-13(26)27/h1-4,8,12,20H,5-7H2,(H,23,28)(H,26,27)(H,29,30)(H3,19,21,24,25)/t12-/m0/s1. The van der Waals surface area contributed by atoms with Crippen molar-refractivity contribution in [2.24, 2.45) is 10.7 Å². The molecule has 3 rings (SSSR count). The van der Waals surface area contributed by atoms with Crippen molar-refractivity contribution in [1.82, 2.24) is 20.8 Å². The van der Waals surface area contributed by atoms with Crippen molar-refractivity contribution in [2.75, 3.05) is 5.32 Å². The van der Waals surface area contributed by atoms with Crippen LogP contribution < -0.4 is 26.7 Å². The molecule has 0 aliphatic carbocycles. The molecular weight excluding hydrogens is 410 g/mol. The minimum Gasteiger partial charge on any atom is -0.481 e. The van der Waals surface area contributed by atoms with Gasteiger partial charge in [0.05, 0.1) is 18.4 Å². The van der Waals surface area contributed by atoms with Crippen molar-refractivity contribution in [2.45, 2.75) is 25.4 Å². The number of nitrogens with two attached hydrogens (primary N) is 1. The van der Waals surface area contributed by atoms with Gasteiger partial charge in [-0.15, -0.1) is 0 Å². The van der Waals surface area contributed by atoms with Crippen LogP contribution in [0.3, 0.4) is 0 Å². The highest BCUT2D eigenvalue weighted by Crippen LogP contribution is 2.23. The SMILES string of the molecule is NC1=Nc2ncc(CNc3ccc(C(=O)N[C@@H](CCC(=O)O)C(=O)O)cc3)nc2ON1. The van der Waals surface area contributed by atoms with Crippen LogP contribution in [0.1, 0.15) is 28.9 Å². The van der Waals surface area contributed by atoms with Crippen molar-refractivity contribution in [3.63, 3.8) is 0 Å². The predicted octanol–water partition coefficient (Wildman–Crippen LogP) is -0.0203. The first-order valence-corrected chi connectivity index (χ1v) is 9.04. The number of hydrogen-bond donors (Lipinski definition) is 6. The molecule has 1 atom stereocenters. The first-order chi connectivity index (χ1) is 14.8. The maximum atomic E-state index is 12.3. The fourth-order valence-electron chi connectivity index (χ4n) is 2.57. The van der Waals surface area contributed by atoms with Crippen LogP contribution in [-0.2, 0) is 16.1 Å². The highest BCUT2D eigenvalue weighted by atomic mass is 16.7. The van der Waals surface area contributed by atoms with Gasteiger partial charge >= 0.3 is 11.9 Å². The highest BCUT2D eigenvalue weighted by Gasteiger charge is 2.21. The van der Waals surface area contributed by atoms with E-state index < -0.39 is 23.9 Å². The molecule has 1 aliphatic rings. The summed E-state index contributed by atoms with van der Waals surface area (Å²) in [6.07, 6.45) is 0.934. The molecule has 0 spiro atoms. The Labute approximate surface area is 175 Å². The van der Waals surface area contributed by atoms with E-state index in [2.05, 4.69) is 31.1 Å². The Morgan fingerprint density at radius 1 is 1.19 bits per heavy atom. The minimum atomic E-state index is -1.30. The molecule has 2 heterocycles. The van der Waals surface area contributed by atoms with Crippen molar-refractivity contribution in [1.29, 1.82) is 0 Å². The Morgan fingerprint density at radius 2 is 1.94 bits per heavy atom. The van der Waals surface area contributed by atoms with E-state index in [0.29, 0.717) is 17.9 Å². The second kappa shape index (κ2) is 9.39. The topological polar surface area (TPSA) is 201 Å². The van der Waals surface area contributed by atoms with E-state index in [1.165, 1.54) is 18.3 Å². The molecule has 0 saturated carbocycles. The number of carboxylic acids is 2. The number of aliphatic imine (C=N–C) groups is 1. The van der Waals surface area contributed by atoms with Crippen LogP contribution in [0.25, 0.3) is 0 Å². The Kier molecular flexibility index (Phi) is 6.45. The summed E-state index contributed by atoms with van der Waals surface area (Å²) >= 11 is 0. The maximum absolute atomic E-state index is 12.3. The summed E-state index contributed by atoms with van der Waals surface area (Å²) in [4.78, 5) is 51.5. The number of nitrogens with one attached hydrogen (secondary N) is 3. The number of hydrogen-bond acceptors (Lipinski definition) is 10. The molecule has 7 N–H and O–H groups in total. The van der Waals surface area contributed by atoms with Gasteiger partial charge in [0.1, 0.15) is 6.04 Å². The zero-order valence-electron chi connectivity index (χ0n) is 16.0. The van der Waals surface area contributed by atoms with Crippen molar-refractivity contribution in [3.8, 4) is 5.88 Å². The molecule has 162 valence electrons. The van der Waals surface area contributed by atoms with E-state index in [4.69, 9.17) is 20.8 Å². The second-order valence-corrected chi connectivity index (χ2v) is 6.42. The number of rotatable bonds is 9. The number of carbonyl (C=O) groups is 3. The third kappa shape index (κ3) is 5.79. The second-order valence-electron chi connectivity index (χ2n) is 6.42. The number of nitrogens with zero attached hydrogens (tertiary/aromatic N) is 3. The average Bonchev–Trinajstić information content (AvgIpc) is 2.75. The molecule has 13 nitrogen and oxygen atoms in total. The van der Waals surface area contributed by atoms with Crippen molar-refractivity contribution < 1.29 is 29.4 Å².